The number of hydrogen-bond donors (Lipinski definition) is 4. The van der Waals surface area contributed by atoms with Crippen molar-refractivity contribution in [2.45, 2.75) is 0 Å². The van der Waals surface area contributed by atoms with Crippen LogP contribution in [0.3, 0.4) is 0 Å². The molecule has 0 spiro atoms. The van der Waals surface area contributed by atoms with E-state index in [2.05, 4.69) is 89.9 Å². The number of benzene rings is 4. The Balaban J connectivity index is 0.000000446. The number of fused-ring (bicyclic) bond motifs is 7. The SMILES string of the molecule is OB(O)O.c1ccc(-c2ccc3[nH]c4c(ccc5sc6ccccc6c54)c3c2)cc1. The van der Waals surface area contributed by atoms with Gasteiger partial charge in [-0.3, -0.25) is 0 Å². The number of aromatic nitrogens is 1. The first-order valence-electron chi connectivity index (χ1n) is 9.57. The van der Waals surface area contributed by atoms with Crippen molar-refractivity contribution in [1.82, 2.24) is 4.98 Å². The van der Waals surface area contributed by atoms with Gasteiger partial charge in [0.25, 0.3) is 0 Å². The highest BCUT2D eigenvalue weighted by atomic mass is 32.1. The van der Waals surface area contributed by atoms with Gasteiger partial charge in [-0.2, -0.15) is 0 Å². The van der Waals surface area contributed by atoms with Gasteiger partial charge in [0.2, 0.25) is 0 Å². The lowest BCUT2D eigenvalue weighted by atomic mass is 10.0. The number of H-pyrrole nitrogens is 1. The average Bonchev–Trinajstić information content (AvgIpc) is 3.31. The van der Waals surface area contributed by atoms with Crippen LogP contribution in [-0.2, 0) is 0 Å². The molecule has 0 saturated heterocycles. The zero-order valence-corrected chi connectivity index (χ0v) is 16.7. The average molecular weight is 411 g/mol. The molecule has 0 aliphatic rings. The third-order valence-corrected chi connectivity index (χ3v) is 6.36. The third kappa shape index (κ3) is 3.26. The van der Waals surface area contributed by atoms with E-state index in [0.29, 0.717) is 0 Å². The molecule has 0 amide bonds. The van der Waals surface area contributed by atoms with Crippen molar-refractivity contribution >= 4 is 60.6 Å². The zero-order valence-electron chi connectivity index (χ0n) is 15.9. The Hall–Kier alpha value is -3.16. The molecule has 6 heteroatoms. The quantitative estimate of drug-likeness (QED) is 0.277. The topological polar surface area (TPSA) is 76.5 Å². The van der Waals surface area contributed by atoms with Gasteiger partial charge in [-0.1, -0.05) is 60.7 Å². The summed E-state index contributed by atoms with van der Waals surface area (Å²) < 4.78 is 2.69. The molecule has 2 aromatic heterocycles. The van der Waals surface area contributed by atoms with Crippen molar-refractivity contribution in [2.24, 2.45) is 0 Å². The molecule has 0 aliphatic heterocycles. The molecule has 0 fully saturated rings. The highest BCUT2D eigenvalue weighted by Crippen LogP contribution is 2.40. The number of hydrogen-bond acceptors (Lipinski definition) is 4. The van der Waals surface area contributed by atoms with Crippen molar-refractivity contribution < 1.29 is 15.1 Å². The van der Waals surface area contributed by atoms with Crippen LogP contribution >= 0.6 is 11.3 Å². The van der Waals surface area contributed by atoms with Gasteiger partial charge in [-0.15, -0.1) is 11.3 Å². The molecule has 6 aromatic rings. The normalized spacial score (nSPS) is 11.2. The Morgan fingerprint density at radius 2 is 1.37 bits per heavy atom. The number of thiophene rings is 1. The van der Waals surface area contributed by atoms with E-state index >= 15 is 0 Å². The molecule has 0 aliphatic carbocycles. The van der Waals surface area contributed by atoms with Gasteiger partial charge in [-0.05, 0) is 35.4 Å². The number of nitrogens with one attached hydrogen (secondary N) is 1. The second-order valence-corrected chi connectivity index (χ2v) is 8.14. The smallest absolute Gasteiger partial charge is 0.402 e. The predicted molar refractivity (Wildman–Crippen MR) is 127 cm³/mol. The molecule has 6 rings (SSSR count). The van der Waals surface area contributed by atoms with Crippen molar-refractivity contribution in [1.29, 1.82) is 0 Å². The Morgan fingerprint density at radius 3 is 2.17 bits per heavy atom. The summed E-state index contributed by atoms with van der Waals surface area (Å²) in [4.78, 5) is 3.68. The van der Waals surface area contributed by atoms with E-state index in [1.165, 1.54) is 53.1 Å². The van der Waals surface area contributed by atoms with Crippen molar-refractivity contribution in [3.8, 4) is 11.1 Å². The maximum absolute atomic E-state index is 7.17. The van der Waals surface area contributed by atoms with Crippen LogP contribution < -0.4 is 0 Å². The lowest BCUT2D eigenvalue weighted by Gasteiger charge is -2.01. The van der Waals surface area contributed by atoms with Crippen LogP contribution in [-0.4, -0.2) is 27.4 Å². The fourth-order valence-corrected chi connectivity index (χ4v) is 5.11. The molecule has 0 unspecified atom stereocenters. The lowest BCUT2D eigenvalue weighted by Crippen LogP contribution is -2.07. The summed E-state index contributed by atoms with van der Waals surface area (Å²) in [5.41, 5.74) is 4.96. The van der Waals surface area contributed by atoms with Crippen LogP contribution in [0.15, 0.2) is 84.9 Å². The molecule has 146 valence electrons. The minimum absolute atomic E-state index is 1.20. The molecule has 4 nitrogen and oxygen atoms in total. The van der Waals surface area contributed by atoms with E-state index in [0.717, 1.165) is 0 Å². The maximum atomic E-state index is 7.17. The van der Waals surface area contributed by atoms with Crippen LogP contribution in [0, 0.1) is 0 Å². The second-order valence-electron chi connectivity index (χ2n) is 7.06. The Bertz CT molecular complexity index is 1490. The molecule has 4 N–H and O–H groups in total. The first kappa shape index (κ1) is 18.8. The van der Waals surface area contributed by atoms with Crippen LogP contribution in [0.5, 0.6) is 0 Å². The van der Waals surface area contributed by atoms with Gasteiger partial charge in [0.1, 0.15) is 0 Å². The molecular formula is C24H18BNO3S. The number of aromatic amines is 1. The first-order chi connectivity index (χ1) is 14.6. The largest absolute Gasteiger partial charge is 0.631 e. The van der Waals surface area contributed by atoms with E-state index in [4.69, 9.17) is 15.1 Å². The minimum atomic E-state index is -2.17. The van der Waals surface area contributed by atoms with Crippen LogP contribution in [0.1, 0.15) is 0 Å². The summed E-state index contributed by atoms with van der Waals surface area (Å²) in [6.07, 6.45) is 0. The fraction of sp³-hybridized carbons (Fsp3) is 0. The minimum Gasteiger partial charge on any atom is -0.402 e. The Labute approximate surface area is 176 Å². The fourth-order valence-electron chi connectivity index (χ4n) is 3.99. The summed E-state index contributed by atoms with van der Waals surface area (Å²) in [7, 11) is -2.17. The molecule has 30 heavy (non-hydrogen) atoms. The monoisotopic (exact) mass is 411 g/mol. The molecule has 0 bridgehead atoms. The van der Waals surface area contributed by atoms with Crippen LogP contribution in [0.4, 0.5) is 0 Å². The third-order valence-electron chi connectivity index (χ3n) is 5.22. The van der Waals surface area contributed by atoms with Gasteiger partial charge in [0, 0.05) is 36.5 Å². The first-order valence-corrected chi connectivity index (χ1v) is 10.4. The van der Waals surface area contributed by atoms with Gasteiger partial charge in [0.05, 0.1) is 5.52 Å². The van der Waals surface area contributed by atoms with E-state index in [1.54, 1.807) is 0 Å². The van der Waals surface area contributed by atoms with Crippen molar-refractivity contribution in [3.05, 3.63) is 84.9 Å². The van der Waals surface area contributed by atoms with E-state index in [1.807, 2.05) is 11.3 Å². The highest BCUT2D eigenvalue weighted by molar-refractivity contribution is 7.26. The molecule has 4 aromatic carbocycles. The van der Waals surface area contributed by atoms with Gasteiger partial charge >= 0.3 is 7.32 Å². The van der Waals surface area contributed by atoms with Gasteiger partial charge in [0.15, 0.2) is 0 Å². The second kappa shape index (κ2) is 7.59. The highest BCUT2D eigenvalue weighted by Gasteiger charge is 2.13. The van der Waals surface area contributed by atoms with E-state index < -0.39 is 7.32 Å². The molecule has 0 saturated carbocycles. The molecule has 0 atom stereocenters. The predicted octanol–water partition coefficient (Wildman–Crippen LogP) is 5.30. The van der Waals surface area contributed by atoms with E-state index in [-0.39, 0.29) is 0 Å². The number of rotatable bonds is 1. The maximum Gasteiger partial charge on any atom is 0.631 e. The van der Waals surface area contributed by atoms with Gasteiger partial charge < -0.3 is 20.1 Å². The van der Waals surface area contributed by atoms with Crippen LogP contribution in [0.2, 0.25) is 0 Å². The Kier molecular flexibility index (Phi) is 4.77. The zero-order chi connectivity index (χ0) is 20.7. The summed E-state index contributed by atoms with van der Waals surface area (Å²) in [6, 6.07) is 30.5. The standard InChI is InChI=1S/C24H15NS.BH3O3/c1-2-6-15(7-3-1)16-10-12-20-19(14-16)17-11-13-22-23(24(17)25-20)18-8-4-5-9-21(18)26-22;2-1(3)4/h1-14,25H;2-4H. The Morgan fingerprint density at radius 1 is 0.633 bits per heavy atom. The molecule has 2 heterocycles. The van der Waals surface area contributed by atoms with Crippen molar-refractivity contribution in [3.63, 3.8) is 0 Å². The molecule has 0 radical (unpaired) electrons. The lowest BCUT2D eigenvalue weighted by molar-refractivity contribution is 0.278. The summed E-state index contributed by atoms with van der Waals surface area (Å²) in [5.74, 6) is 0. The van der Waals surface area contributed by atoms with E-state index in [9.17, 15) is 0 Å². The van der Waals surface area contributed by atoms with Crippen LogP contribution in [0.25, 0.3) is 53.1 Å². The summed E-state index contributed by atoms with van der Waals surface area (Å²) in [5, 5.41) is 26.8. The molecular weight excluding hydrogens is 393 g/mol. The van der Waals surface area contributed by atoms with Gasteiger partial charge in [-0.25, -0.2) is 0 Å². The van der Waals surface area contributed by atoms with Crippen molar-refractivity contribution in [2.75, 3.05) is 0 Å². The summed E-state index contributed by atoms with van der Waals surface area (Å²) >= 11 is 1.87. The summed E-state index contributed by atoms with van der Waals surface area (Å²) in [6.45, 7) is 0.